The van der Waals surface area contributed by atoms with E-state index in [-0.39, 0.29) is 40.8 Å². The Balaban J connectivity index is 0. The first kappa shape index (κ1) is 9.86. The maximum absolute atomic E-state index is 8.52. The van der Waals surface area contributed by atoms with Crippen LogP contribution in [0.25, 0.3) is 0 Å². The maximum atomic E-state index is 8.52. The van der Waals surface area contributed by atoms with E-state index in [9.17, 15) is 0 Å². The Morgan fingerprint density at radius 2 is 1.00 bits per heavy atom. The molecule has 0 aromatic carbocycles. The van der Waals surface area contributed by atoms with Crippen LogP contribution in [0.15, 0.2) is 0 Å². The Kier molecular flexibility index (Phi) is 11.3. The average Bonchev–Trinajstić information content (AvgIpc) is 0.811. The molecule has 0 saturated carbocycles. The van der Waals surface area contributed by atoms with E-state index in [1.807, 2.05) is 0 Å². The molecular formula is BrNdO3. The molecule has 0 bridgehead atoms. The molecule has 0 unspecified atom stereocenters. The second-order valence-corrected chi connectivity index (χ2v) is 0.982. The van der Waals surface area contributed by atoms with Gasteiger partial charge in [-0.2, -0.15) is 0 Å². The molecule has 0 aliphatic carbocycles. The third kappa shape index (κ3) is 26.9. The molecule has 0 amide bonds. The van der Waals surface area contributed by atoms with Gasteiger partial charge < -0.3 is 12.6 Å². The zero-order chi connectivity index (χ0) is 3.58. The van der Waals surface area contributed by atoms with Gasteiger partial charge in [-0.05, 0) is 0 Å². The number of halogens is 1. The summed E-state index contributed by atoms with van der Waals surface area (Å²) in [7, 11) is 0. The van der Waals surface area contributed by atoms with Crippen LogP contribution in [-0.4, -0.2) is 0 Å². The van der Waals surface area contributed by atoms with Gasteiger partial charge in [-0.15, -0.1) is 0 Å². The molecular weight excluding hydrogens is 272 g/mol. The Bertz CT molecular complexity index is 11.6. The second kappa shape index (κ2) is 5.71. The van der Waals surface area contributed by atoms with Crippen LogP contribution in [0, 0.1) is 55.7 Å². The molecule has 0 heterocycles. The smallest absolute Gasteiger partial charge is 0.405 e. The van der Waals surface area contributed by atoms with E-state index in [2.05, 4.69) is 0 Å². The molecule has 29 valence electrons. The summed E-state index contributed by atoms with van der Waals surface area (Å²) in [4.78, 5) is 0. The molecule has 1 radical (unpaired) electrons. The van der Waals surface area contributed by atoms with E-state index in [1.165, 1.54) is 0 Å². The zero-order valence-corrected chi connectivity index (χ0v) is 6.90. The SMILES string of the molecule is [Nd+].[O-][Br+2]([O-])[O-]. The number of hydrogen-bond donors (Lipinski definition) is 0. The first-order valence-corrected chi connectivity index (χ1v) is 2.41. The van der Waals surface area contributed by atoms with Crippen molar-refractivity contribution in [2.45, 2.75) is 0 Å². The summed E-state index contributed by atoms with van der Waals surface area (Å²) in [5, 5.41) is 0. The van der Waals surface area contributed by atoms with Gasteiger partial charge in [0, 0.05) is 0 Å². The van der Waals surface area contributed by atoms with Crippen molar-refractivity contribution in [2.24, 2.45) is 0 Å². The molecule has 0 atom stereocenters. The fourth-order valence-electron chi connectivity index (χ4n) is 0. The summed E-state index contributed by atoms with van der Waals surface area (Å²) < 4.78 is 25.6. The van der Waals surface area contributed by atoms with Crippen LogP contribution < -0.4 is 12.6 Å². The summed E-state index contributed by atoms with van der Waals surface area (Å²) >= 11 is -3.65. The van der Waals surface area contributed by atoms with Crippen LogP contribution in [0.3, 0.4) is 0 Å². The molecule has 5 heteroatoms. The van der Waals surface area contributed by atoms with Gasteiger partial charge >= 0.3 is 40.8 Å². The maximum Gasteiger partial charge on any atom is 1.00 e. The van der Waals surface area contributed by atoms with Crippen LogP contribution in [0.1, 0.15) is 0 Å². The molecule has 0 aromatic heterocycles. The minimum absolute atomic E-state index is 0. The van der Waals surface area contributed by atoms with Gasteiger partial charge in [0.25, 0.3) is 0 Å². The van der Waals surface area contributed by atoms with Gasteiger partial charge in [0.15, 0.2) is 0 Å². The molecule has 5 heavy (non-hydrogen) atoms. The van der Waals surface area contributed by atoms with E-state index >= 15 is 0 Å². The third-order valence-electron chi connectivity index (χ3n) is 0. The topological polar surface area (TPSA) is 69.2 Å². The first-order valence-electron chi connectivity index (χ1n) is 0.463. The van der Waals surface area contributed by atoms with Crippen LogP contribution in [-0.2, 0) is 0 Å². The Morgan fingerprint density at radius 3 is 1.00 bits per heavy atom. The number of rotatable bonds is 0. The fraction of sp³-hybridized carbons (Fsp3) is 0. The van der Waals surface area contributed by atoms with Crippen molar-refractivity contribution in [1.82, 2.24) is 0 Å². The van der Waals surface area contributed by atoms with Crippen LogP contribution in [0.2, 0.25) is 0 Å². The number of hydrogen-bond acceptors (Lipinski definition) is 3. The van der Waals surface area contributed by atoms with Crippen molar-refractivity contribution in [2.75, 3.05) is 0 Å². The summed E-state index contributed by atoms with van der Waals surface area (Å²) in [6.45, 7) is 0. The molecule has 0 aliphatic heterocycles. The van der Waals surface area contributed by atoms with E-state index in [0.717, 1.165) is 0 Å². The minimum Gasteiger partial charge on any atom is -0.405 e. The van der Waals surface area contributed by atoms with Crippen molar-refractivity contribution in [3.8, 4) is 0 Å². The summed E-state index contributed by atoms with van der Waals surface area (Å²) in [5.74, 6) is 0. The van der Waals surface area contributed by atoms with Crippen molar-refractivity contribution < 1.29 is 68.2 Å². The van der Waals surface area contributed by atoms with Crippen LogP contribution >= 0.6 is 0 Å². The Hall–Kier alpha value is 1.71. The fourth-order valence-corrected chi connectivity index (χ4v) is 0. The predicted molar refractivity (Wildman–Crippen MR) is 0 cm³/mol. The second-order valence-electron chi connectivity index (χ2n) is 0.189. The monoisotopic (exact) mass is 269 g/mol. The molecule has 0 aromatic rings. The van der Waals surface area contributed by atoms with E-state index in [0.29, 0.717) is 0 Å². The summed E-state index contributed by atoms with van der Waals surface area (Å²) in [5.41, 5.74) is 0. The van der Waals surface area contributed by atoms with E-state index in [1.54, 1.807) is 0 Å². The van der Waals surface area contributed by atoms with E-state index in [4.69, 9.17) is 12.6 Å². The first-order chi connectivity index (χ1) is 1.73. The minimum atomic E-state index is -3.65. The Labute approximate surface area is 67.3 Å². The van der Waals surface area contributed by atoms with Crippen molar-refractivity contribution in [1.29, 1.82) is 0 Å². The molecule has 0 saturated heterocycles. The molecule has 0 spiro atoms. The molecule has 3 nitrogen and oxygen atoms in total. The normalized spacial score (nSPS) is 7.20. The summed E-state index contributed by atoms with van der Waals surface area (Å²) in [6.07, 6.45) is 0. The largest absolute Gasteiger partial charge is 1.00 e. The predicted octanol–water partition coefficient (Wildman–Crippen LogP) is -3.57. The van der Waals surface area contributed by atoms with E-state index < -0.39 is 14.8 Å². The molecule has 0 aliphatic rings. The molecule has 0 rings (SSSR count). The van der Waals surface area contributed by atoms with Crippen LogP contribution in [0.5, 0.6) is 0 Å². The molecule has 0 fully saturated rings. The van der Waals surface area contributed by atoms with Crippen LogP contribution in [0.4, 0.5) is 0 Å². The van der Waals surface area contributed by atoms with Gasteiger partial charge in [0.05, 0.1) is 0 Å². The zero-order valence-electron chi connectivity index (χ0n) is 2.10. The van der Waals surface area contributed by atoms with Gasteiger partial charge in [0.1, 0.15) is 0 Å². The average molecular weight is 272 g/mol. The van der Waals surface area contributed by atoms with Gasteiger partial charge in [-0.25, -0.2) is 0 Å². The quantitative estimate of drug-likeness (QED) is 0.458. The Morgan fingerprint density at radius 1 is 1.00 bits per heavy atom. The third-order valence-corrected chi connectivity index (χ3v) is 0. The van der Waals surface area contributed by atoms with Crippen molar-refractivity contribution in [3.63, 3.8) is 0 Å². The summed E-state index contributed by atoms with van der Waals surface area (Å²) in [6, 6.07) is 0. The van der Waals surface area contributed by atoms with Crippen molar-refractivity contribution >= 4 is 0 Å². The standard InChI is InChI=1S/BrO3.Nd/c2-1(3)4;/q-1;+1. The van der Waals surface area contributed by atoms with Gasteiger partial charge in [-0.3, -0.25) is 0 Å². The van der Waals surface area contributed by atoms with Crippen molar-refractivity contribution in [3.05, 3.63) is 0 Å². The van der Waals surface area contributed by atoms with Gasteiger partial charge in [0.2, 0.25) is 14.8 Å². The van der Waals surface area contributed by atoms with Gasteiger partial charge in [-0.1, -0.05) is 0 Å². The molecule has 0 N–H and O–H groups in total.